The van der Waals surface area contributed by atoms with Crippen LogP contribution in [0.1, 0.15) is 81.0 Å². The average Bonchev–Trinajstić information content (AvgIpc) is 3.04. The zero-order chi connectivity index (χ0) is 22.3. The first-order valence-electron chi connectivity index (χ1n) is 12.8. The van der Waals surface area contributed by atoms with Crippen molar-refractivity contribution in [1.29, 1.82) is 0 Å². The fraction of sp³-hybridized carbons (Fsp3) is 0.586. The first-order valence-corrected chi connectivity index (χ1v) is 12.8. The Bertz CT molecular complexity index is 930. The monoisotopic (exact) mass is 433 g/mol. The molecule has 2 aromatic rings. The summed E-state index contributed by atoms with van der Waals surface area (Å²) in [5, 5.41) is 27.7. The first kappa shape index (κ1) is 22.1. The molecule has 2 fully saturated rings. The van der Waals surface area contributed by atoms with Gasteiger partial charge in [0.1, 0.15) is 5.60 Å². The van der Waals surface area contributed by atoms with Crippen LogP contribution < -0.4 is 5.32 Å². The Labute approximate surface area is 193 Å². The predicted molar refractivity (Wildman–Crippen MR) is 129 cm³/mol. The van der Waals surface area contributed by atoms with E-state index < -0.39 is 11.7 Å². The van der Waals surface area contributed by atoms with Crippen molar-refractivity contribution in [1.82, 2.24) is 5.32 Å². The van der Waals surface area contributed by atoms with E-state index in [-0.39, 0.29) is 11.5 Å². The number of hydrogen-bond donors (Lipinski definition) is 3. The van der Waals surface area contributed by atoms with Gasteiger partial charge in [0.25, 0.3) is 0 Å². The highest BCUT2D eigenvalue weighted by molar-refractivity contribution is 5.36. The number of aryl methyl sites for hydroxylation is 1. The summed E-state index contributed by atoms with van der Waals surface area (Å²) >= 11 is 0. The smallest absolute Gasteiger partial charge is 0.111 e. The largest absolute Gasteiger partial charge is 0.389 e. The Morgan fingerprint density at radius 1 is 1.06 bits per heavy atom. The zero-order valence-corrected chi connectivity index (χ0v) is 19.6. The van der Waals surface area contributed by atoms with Gasteiger partial charge in [-0.25, -0.2) is 0 Å². The van der Waals surface area contributed by atoms with Crippen LogP contribution in [0.2, 0.25) is 0 Å². The van der Waals surface area contributed by atoms with Crippen molar-refractivity contribution >= 4 is 0 Å². The number of fused-ring (bicyclic) bond motifs is 5. The number of nitrogens with one attached hydrogen (secondary N) is 1. The van der Waals surface area contributed by atoms with E-state index in [1.165, 1.54) is 17.5 Å². The van der Waals surface area contributed by atoms with E-state index in [1.807, 2.05) is 18.2 Å². The summed E-state index contributed by atoms with van der Waals surface area (Å²) in [6.45, 7) is 5.30. The van der Waals surface area contributed by atoms with Gasteiger partial charge in [-0.15, -0.1) is 0 Å². The Morgan fingerprint density at radius 2 is 1.81 bits per heavy atom. The summed E-state index contributed by atoms with van der Waals surface area (Å²) in [5.74, 6) is 1.45. The van der Waals surface area contributed by atoms with Gasteiger partial charge >= 0.3 is 0 Å². The summed E-state index contributed by atoms with van der Waals surface area (Å²) in [6, 6.07) is 19.0. The predicted octanol–water partition coefficient (Wildman–Crippen LogP) is 5.38. The second-order valence-corrected chi connectivity index (χ2v) is 10.9. The Hall–Kier alpha value is -1.68. The molecule has 3 aliphatic rings. The maximum Gasteiger partial charge on any atom is 0.111 e. The van der Waals surface area contributed by atoms with Gasteiger partial charge in [0.2, 0.25) is 0 Å². The Balaban J connectivity index is 1.49. The highest BCUT2D eigenvalue weighted by Gasteiger charge is 2.65. The van der Waals surface area contributed by atoms with E-state index in [9.17, 15) is 10.2 Å². The SMILES string of the molecule is CCCCNC(c1ccccc1)[C@@]1(O)C[C@H]2[C@@H]3CCc4ccccc4[C@H]3CC[C@]2(C)[C@H]1O. The molecule has 0 saturated heterocycles. The van der Waals surface area contributed by atoms with Gasteiger partial charge in [-0.1, -0.05) is 74.9 Å². The molecule has 2 aromatic carbocycles. The third kappa shape index (κ3) is 3.45. The Morgan fingerprint density at radius 3 is 2.59 bits per heavy atom. The molecule has 0 radical (unpaired) electrons. The molecule has 2 saturated carbocycles. The molecule has 0 spiro atoms. The van der Waals surface area contributed by atoms with Crippen molar-refractivity contribution in [2.45, 2.75) is 82.5 Å². The molecule has 0 amide bonds. The van der Waals surface area contributed by atoms with Crippen molar-refractivity contribution < 1.29 is 10.2 Å². The van der Waals surface area contributed by atoms with Crippen LogP contribution in [-0.4, -0.2) is 28.5 Å². The van der Waals surface area contributed by atoms with Gasteiger partial charge in [0, 0.05) is 0 Å². The molecule has 0 heterocycles. The van der Waals surface area contributed by atoms with Crippen molar-refractivity contribution in [2.75, 3.05) is 6.54 Å². The number of unbranched alkanes of at least 4 members (excludes halogenated alkanes) is 1. The fourth-order valence-electron chi connectivity index (χ4n) is 7.56. The molecule has 32 heavy (non-hydrogen) atoms. The molecular weight excluding hydrogens is 394 g/mol. The second-order valence-electron chi connectivity index (χ2n) is 10.9. The van der Waals surface area contributed by atoms with Crippen LogP contribution in [0.15, 0.2) is 54.6 Å². The van der Waals surface area contributed by atoms with Crippen molar-refractivity contribution in [3.05, 3.63) is 71.3 Å². The molecule has 0 aliphatic heterocycles. The van der Waals surface area contributed by atoms with Crippen LogP contribution in [0, 0.1) is 17.3 Å². The van der Waals surface area contributed by atoms with Crippen LogP contribution in [0.4, 0.5) is 0 Å². The van der Waals surface area contributed by atoms with E-state index >= 15 is 0 Å². The fourth-order valence-corrected chi connectivity index (χ4v) is 7.56. The number of benzene rings is 2. The van der Waals surface area contributed by atoms with Crippen molar-refractivity contribution in [3.8, 4) is 0 Å². The highest BCUT2D eigenvalue weighted by Crippen LogP contribution is 2.64. The number of hydrogen-bond acceptors (Lipinski definition) is 3. The van der Waals surface area contributed by atoms with Crippen LogP contribution in [0.3, 0.4) is 0 Å². The minimum atomic E-state index is -1.15. The molecular formula is C29H39NO2. The maximum atomic E-state index is 12.2. The third-order valence-electron chi connectivity index (χ3n) is 9.23. The second kappa shape index (κ2) is 8.59. The van der Waals surface area contributed by atoms with Crippen LogP contribution in [0.5, 0.6) is 0 Å². The van der Waals surface area contributed by atoms with E-state index in [0.717, 1.165) is 44.2 Å². The molecule has 7 atom stereocenters. The quantitative estimate of drug-likeness (QED) is 0.537. The van der Waals surface area contributed by atoms with E-state index in [1.54, 1.807) is 0 Å². The number of aliphatic hydroxyl groups excluding tert-OH is 1. The van der Waals surface area contributed by atoms with Gasteiger partial charge in [-0.05, 0) is 84.9 Å². The maximum absolute atomic E-state index is 12.2. The van der Waals surface area contributed by atoms with Gasteiger partial charge in [0.05, 0.1) is 12.1 Å². The summed E-state index contributed by atoms with van der Waals surface area (Å²) in [7, 11) is 0. The average molecular weight is 434 g/mol. The minimum absolute atomic E-state index is 0.234. The van der Waals surface area contributed by atoms with Crippen LogP contribution in [-0.2, 0) is 6.42 Å². The number of aliphatic hydroxyl groups is 2. The van der Waals surface area contributed by atoms with Gasteiger partial charge < -0.3 is 15.5 Å². The lowest BCUT2D eigenvalue weighted by Crippen LogP contribution is -2.53. The van der Waals surface area contributed by atoms with E-state index in [4.69, 9.17) is 0 Å². The molecule has 3 nitrogen and oxygen atoms in total. The van der Waals surface area contributed by atoms with E-state index in [2.05, 4.69) is 55.6 Å². The lowest BCUT2D eigenvalue weighted by atomic mass is 9.55. The van der Waals surface area contributed by atoms with Gasteiger partial charge in [-0.3, -0.25) is 0 Å². The zero-order valence-electron chi connectivity index (χ0n) is 19.6. The summed E-state index contributed by atoms with van der Waals surface area (Å²) in [6.07, 6.45) is 6.51. The molecule has 3 N–H and O–H groups in total. The third-order valence-corrected chi connectivity index (χ3v) is 9.23. The van der Waals surface area contributed by atoms with Crippen LogP contribution in [0.25, 0.3) is 0 Å². The minimum Gasteiger partial charge on any atom is -0.389 e. The summed E-state index contributed by atoms with van der Waals surface area (Å²) in [5.41, 5.74) is 2.73. The van der Waals surface area contributed by atoms with Gasteiger partial charge in [-0.2, -0.15) is 0 Å². The molecule has 1 unspecified atom stereocenters. The molecule has 5 rings (SSSR count). The summed E-state index contributed by atoms with van der Waals surface area (Å²) < 4.78 is 0. The first-order chi connectivity index (χ1) is 15.5. The lowest BCUT2D eigenvalue weighted by Gasteiger charge is -2.50. The Kier molecular flexibility index (Phi) is 5.94. The van der Waals surface area contributed by atoms with Gasteiger partial charge in [0.15, 0.2) is 0 Å². The molecule has 0 bridgehead atoms. The van der Waals surface area contributed by atoms with Crippen LogP contribution >= 0.6 is 0 Å². The standard InChI is InChI=1S/C29H39NO2/c1-3-4-18-30-26(21-11-6-5-7-12-21)29(32)19-25-24-15-14-20-10-8-9-13-22(20)23(24)16-17-28(25,2)27(29)31/h5-13,23-27,30-32H,3-4,14-19H2,1-2H3/t23-,24-,25+,26?,27-,28+,29+/m1/s1. The highest BCUT2D eigenvalue weighted by atomic mass is 16.3. The van der Waals surface area contributed by atoms with E-state index in [0.29, 0.717) is 24.2 Å². The summed E-state index contributed by atoms with van der Waals surface area (Å²) in [4.78, 5) is 0. The molecule has 172 valence electrons. The topological polar surface area (TPSA) is 52.5 Å². The number of rotatable bonds is 6. The van der Waals surface area contributed by atoms with Crippen molar-refractivity contribution in [3.63, 3.8) is 0 Å². The normalized spacial score (nSPS) is 36.8. The lowest BCUT2D eigenvalue weighted by molar-refractivity contribution is -0.117. The molecule has 3 heteroatoms. The molecule has 3 aliphatic carbocycles. The van der Waals surface area contributed by atoms with Crippen molar-refractivity contribution in [2.24, 2.45) is 17.3 Å². The molecule has 0 aromatic heterocycles.